The molecule has 0 aromatic heterocycles. The van der Waals surface area contributed by atoms with Crippen LogP contribution in [0.25, 0.3) is 0 Å². The number of methoxy groups -OCH3 is 2. The smallest absolute Gasteiger partial charge is 0.194 e. The number of hydrogen-bond acceptors (Lipinski definition) is 4. The van der Waals surface area contributed by atoms with E-state index in [9.17, 15) is 5.26 Å². The van der Waals surface area contributed by atoms with Crippen LogP contribution in [0.15, 0.2) is 18.2 Å². The van der Waals surface area contributed by atoms with Gasteiger partial charge < -0.3 is 13.9 Å². The summed E-state index contributed by atoms with van der Waals surface area (Å²) < 4.78 is 16.7. The van der Waals surface area contributed by atoms with Crippen molar-refractivity contribution in [2.75, 3.05) is 14.2 Å². The van der Waals surface area contributed by atoms with E-state index in [2.05, 4.69) is 39.9 Å². The molecule has 0 N–H and O–H groups in total. The maximum Gasteiger partial charge on any atom is 0.194 e. The molecule has 21 heavy (non-hydrogen) atoms. The van der Waals surface area contributed by atoms with Crippen molar-refractivity contribution in [2.24, 2.45) is 0 Å². The van der Waals surface area contributed by atoms with Gasteiger partial charge in [-0.2, -0.15) is 5.26 Å². The Hall–Kier alpha value is -1.51. The van der Waals surface area contributed by atoms with E-state index in [0.29, 0.717) is 11.5 Å². The Bertz CT molecular complexity index is 529. The van der Waals surface area contributed by atoms with E-state index in [1.807, 2.05) is 6.07 Å². The minimum absolute atomic E-state index is 0.0542. The summed E-state index contributed by atoms with van der Waals surface area (Å²) in [5.41, 5.74) is 0.792. The van der Waals surface area contributed by atoms with E-state index >= 15 is 0 Å². The van der Waals surface area contributed by atoms with Gasteiger partial charge in [-0.25, -0.2) is 0 Å². The van der Waals surface area contributed by atoms with Crippen molar-refractivity contribution in [3.8, 4) is 17.6 Å². The maximum atomic E-state index is 9.47. The van der Waals surface area contributed by atoms with Gasteiger partial charge in [0.15, 0.2) is 25.9 Å². The molecule has 0 saturated carbocycles. The second-order valence-electron chi connectivity index (χ2n) is 6.50. The topological polar surface area (TPSA) is 51.5 Å². The first kappa shape index (κ1) is 17.5. The van der Waals surface area contributed by atoms with Crippen molar-refractivity contribution in [3.63, 3.8) is 0 Å². The minimum atomic E-state index is -2.02. The minimum Gasteiger partial charge on any atom is -0.493 e. The fourth-order valence-corrected chi connectivity index (χ4v) is 2.79. The first-order valence-electron chi connectivity index (χ1n) is 6.95. The third-order valence-corrected chi connectivity index (χ3v) is 8.48. The molecule has 4 nitrogen and oxygen atoms in total. The molecule has 116 valence electrons. The Morgan fingerprint density at radius 2 is 1.67 bits per heavy atom. The van der Waals surface area contributed by atoms with Crippen LogP contribution in [-0.2, 0) is 4.43 Å². The summed E-state index contributed by atoms with van der Waals surface area (Å²) in [5, 5.41) is 9.53. The monoisotopic (exact) mass is 307 g/mol. The summed E-state index contributed by atoms with van der Waals surface area (Å²) in [5.74, 6) is 1.25. The van der Waals surface area contributed by atoms with Gasteiger partial charge in [-0.1, -0.05) is 26.8 Å². The third kappa shape index (κ3) is 3.99. The molecule has 1 aromatic carbocycles. The van der Waals surface area contributed by atoms with Crippen LogP contribution in [0, 0.1) is 11.3 Å². The first-order valence-corrected chi connectivity index (χ1v) is 9.86. The molecule has 0 aliphatic heterocycles. The number of nitriles is 1. The van der Waals surface area contributed by atoms with Crippen molar-refractivity contribution in [3.05, 3.63) is 23.8 Å². The number of hydrogen-bond donors (Lipinski definition) is 0. The molecule has 0 aliphatic rings. The molecule has 0 spiro atoms. The summed E-state index contributed by atoms with van der Waals surface area (Å²) in [6.45, 7) is 10.7. The number of nitrogens with zero attached hydrogens (tertiary/aromatic N) is 1. The fourth-order valence-electron chi connectivity index (χ4n) is 1.66. The van der Waals surface area contributed by atoms with Gasteiger partial charge in [-0.05, 0) is 35.8 Å². The van der Waals surface area contributed by atoms with Gasteiger partial charge >= 0.3 is 0 Å². The normalized spacial score (nSPS) is 13.4. The molecular weight excluding hydrogens is 282 g/mol. The van der Waals surface area contributed by atoms with E-state index in [1.54, 1.807) is 26.4 Å². The van der Waals surface area contributed by atoms with Crippen LogP contribution >= 0.6 is 0 Å². The summed E-state index contributed by atoms with van der Waals surface area (Å²) >= 11 is 0. The summed E-state index contributed by atoms with van der Waals surface area (Å²) in [7, 11) is 1.15. The lowest BCUT2D eigenvalue weighted by molar-refractivity contribution is 0.235. The molecular formula is C16H25NO3Si. The van der Waals surface area contributed by atoms with Gasteiger partial charge in [0, 0.05) is 0 Å². The molecule has 1 rings (SSSR count). The van der Waals surface area contributed by atoms with E-state index in [4.69, 9.17) is 13.9 Å². The Kier molecular flexibility index (Phi) is 5.43. The third-order valence-electron chi connectivity index (χ3n) is 4.05. The average molecular weight is 307 g/mol. The number of benzene rings is 1. The quantitative estimate of drug-likeness (QED) is 0.761. The van der Waals surface area contributed by atoms with Crippen molar-refractivity contribution in [1.82, 2.24) is 0 Å². The highest BCUT2D eigenvalue weighted by Gasteiger charge is 2.39. The largest absolute Gasteiger partial charge is 0.493 e. The number of rotatable bonds is 5. The average Bonchev–Trinajstić information content (AvgIpc) is 2.42. The lowest BCUT2D eigenvalue weighted by Crippen LogP contribution is -2.41. The van der Waals surface area contributed by atoms with Crippen LogP contribution in [0.1, 0.15) is 32.4 Å². The highest BCUT2D eigenvalue weighted by Crippen LogP contribution is 2.40. The Labute approximate surface area is 128 Å². The van der Waals surface area contributed by atoms with Gasteiger partial charge in [-0.3, -0.25) is 0 Å². The zero-order valence-electron chi connectivity index (χ0n) is 14.0. The second-order valence-corrected chi connectivity index (χ2v) is 11.3. The van der Waals surface area contributed by atoms with Crippen molar-refractivity contribution in [2.45, 2.75) is 45.0 Å². The Morgan fingerprint density at radius 3 is 2.10 bits per heavy atom. The van der Waals surface area contributed by atoms with Crippen LogP contribution in [0.5, 0.6) is 11.5 Å². The van der Waals surface area contributed by atoms with Gasteiger partial charge in [0.2, 0.25) is 0 Å². The molecule has 0 radical (unpaired) electrons. The maximum absolute atomic E-state index is 9.47. The van der Waals surface area contributed by atoms with E-state index in [-0.39, 0.29) is 5.04 Å². The first-order chi connectivity index (χ1) is 9.66. The second kappa shape index (κ2) is 6.50. The van der Waals surface area contributed by atoms with E-state index < -0.39 is 14.4 Å². The summed E-state index contributed by atoms with van der Waals surface area (Å²) in [6, 6.07) is 7.71. The van der Waals surface area contributed by atoms with Gasteiger partial charge in [0.05, 0.1) is 20.3 Å². The summed E-state index contributed by atoms with van der Waals surface area (Å²) in [4.78, 5) is 0. The molecule has 5 heteroatoms. The van der Waals surface area contributed by atoms with E-state index in [1.165, 1.54) is 0 Å². The van der Waals surface area contributed by atoms with Crippen LogP contribution in [0.2, 0.25) is 18.1 Å². The predicted octanol–water partition coefficient (Wildman–Crippen LogP) is 4.29. The lowest BCUT2D eigenvalue weighted by Gasteiger charge is -2.37. The van der Waals surface area contributed by atoms with Gasteiger partial charge in [-0.15, -0.1) is 0 Å². The Morgan fingerprint density at radius 1 is 1.10 bits per heavy atom. The van der Waals surface area contributed by atoms with Gasteiger partial charge in [0.1, 0.15) is 0 Å². The lowest BCUT2D eigenvalue weighted by atomic mass is 10.1. The summed E-state index contributed by atoms with van der Waals surface area (Å²) in [6.07, 6.45) is -0.592. The highest BCUT2D eigenvalue weighted by atomic mass is 28.4. The predicted molar refractivity (Wildman–Crippen MR) is 86.2 cm³/mol. The molecule has 0 fully saturated rings. The zero-order chi connectivity index (χ0) is 16.3. The zero-order valence-corrected chi connectivity index (χ0v) is 15.0. The van der Waals surface area contributed by atoms with Crippen LogP contribution in [0.4, 0.5) is 0 Å². The molecule has 0 bridgehead atoms. The SMILES string of the molecule is COc1ccc(C(C#N)O[Si](C)(C)C(C)(C)C)cc1OC. The van der Waals surface area contributed by atoms with Crippen LogP contribution < -0.4 is 9.47 Å². The molecule has 1 unspecified atom stereocenters. The van der Waals surface area contributed by atoms with E-state index in [0.717, 1.165) is 5.56 Å². The molecule has 0 saturated heterocycles. The molecule has 1 aromatic rings. The van der Waals surface area contributed by atoms with Gasteiger partial charge in [0.25, 0.3) is 0 Å². The van der Waals surface area contributed by atoms with Crippen molar-refractivity contribution >= 4 is 8.32 Å². The fraction of sp³-hybridized carbons (Fsp3) is 0.562. The van der Waals surface area contributed by atoms with Crippen LogP contribution in [-0.4, -0.2) is 22.5 Å². The standard InChI is InChI=1S/C16H25NO3Si/c1-16(2,3)21(6,7)20-15(11-17)12-8-9-13(18-4)14(10-12)19-5/h8-10,15H,1-7H3. The van der Waals surface area contributed by atoms with Crippen molar-refractivity contribution in [1.29, 1.82) is 5.26 Å². The molecule has 0 aliphatic carbocycles. The highest BCUT2D eigenvalue weighted by molar-refractivity contribution is 6.74. The molecule has 0 heterocycles. The molecule has 0 amide bonds. The Balaban J connectivity index is 3.10. The molecule has 1 atom stereocenters. The van der Waals surface area contributed by atoms with Crippen LogP contribution in [0.3, 0.4) is 0 Å². The van der Waals surface area contributed by atoms with Crippen molar-refractivity contribution < 1.29 is 13.9 Å². The number of ether oxygens (including phenoxy) is 2.